The Hall–Kier alpha value is -1.94. The second-order valence-corrected chi connectivity index (χ2v) is 6.46. The Morgan fingerprint density at radius 3 is 2.46 bits per heavy atom. The average molecular weight is 378 g/mol. The maximum atomic E-state index is 15.1. The summed E-state index contributed by atoms with van der Waals surface area (Å²) in [6, 6.07) is 12.5. The molecule has 0 saturated carbocycles. The zero-order valence-corrected chi connectivity index (χ0v) is 14.3. The zero-order chi connectivity index (χ0) is 16.8. The van der Waals surface area contributed by atoms with Gasteiger partial charge in [-0.3, -0.25) is 4.98 Å². The summed E-state index contributed by atoms with van der Waals surface area (Å²) in [6.07, 6.45) is 1.50. The highest BCUT2D eigenvalue weighted by molar-refractivity contribution is 6.38. The Bertz CT molecular complexity index is 1110. The number of nitrogens with zero attached hydrogens (tertiary/aromatic N) is 2. The minimum absolute atomic E-state index is 0.0848. The van der Waals surface area contributed by atoms with Gasteiger partial charge in [0.15, 0.2) is 5.82 Å². The van der Waals surface area contributed by atoms with E-state index in [0.717, 1.165) is 10.8 Å². The molecule has 6 heteroatoms. The Morgan fingerprint density at radius 1 is 0.917 bits per heavy atom. The number of pyridine rings is 2. The number of rotatable bonds is 1. The Morgan fingerprint density at radius 2 is 1.67 bits per heavy atom. The third kappa shape index (κ3) is 2.40. The molecule has 0 amide bonds. The molecule has 4 aromatic rings. The lowest BCUT2D eigenvalue weighted by Crippen LogP contribution is -1.95. The first-order chi connectivity index (χ1) is 11.6. The summed E-state index contributed by atoms with van der Waals surface area (Å²) in [5.74, 6) is -0.579. The van der Waals surface area contributed by atoms with Crippen LogP contribution in [0.4, 0.5) is 4.39 Å². The van der Waals surface area contributed by atoms with Crippen molar-refractivity contribution >= 4 is 56.5 Å². The highest BCUT2D eigenvalue weighted by Gasteiger charge is 2.17. The molecule has 0 radical (unpaired) electrons. The van der Waals surface area contributed by atoms with E-state index in [1.807, 2.05) is 24.3 Å². The predicted octanol–water partition coefficient (Wildman–Crippen LogP) is 6.55. The van der Waals surface area contributed by atoms with Crippen molar-refractivity contribution in [3.63, 3.8) is 0 Å². The first kappa shape index (κ1) is 15.6. The minimum Gasteiger partial charge on any atom is -0.252 e. The molecule has 0 atom stereocenters. The van der Waals surface area contributed by atoms with E-state index in [0.29, 0.717) is 21.0 Å². The van der Waals surface area contributed by atoms with Crippen LogP contribution in [0.3, 0.4) is 0 Å². The zero-order valence-electron chi connectivity index (χ0n) is 12.0. The fraction of sp³-hybridized carbons (Fsp3) is 0. The van der Waals surface area contributed by atoms with Gasteiger partial charge in [-0.25, -0.2) is 9.37 Å². The van der Waals surface area contributed by atoms with Gasteiger partial charge in [-0.15, -0.1) is 0 Å². The smallest absolute Gasteiger partial charge is 0.175 e. The fourth-order valence-electron chi connectivity index (χ4n) is 2.76. The summed E-state index contributed by atoms with van der Waals surface area (Å²) in [4.78, 5) is 8.31. The largest absolute Gasteiger partial charge is 0.252 e. The number of hydrogen-bond donors (Lipinski definition) is 0. The molecule has 0 aliphatic carbocycles. The van der Waals surface area contributed by atoms with Gasteiger partial charge in [0.1, 0.15) is 16.4 Å². The summed E-state index contributed by atoms with van der Waals surface area (Å²) >= 11 is 18.3. The topological polar surface area (TPSA) is 25.8 Å². The monoisotopic (exact) mass is 376 g/mol. The van der Waals surface area contributed by atoms with E-state index in [4.69, 9.17) is 34.8 Å². The molecule has 0 unspecified atom stereocenters. The average Bonchev–Trinajstić information content (AvgIpc) is 2.56. The van der Waals surface area contributed by atoms with E-state index in [1.165, 1.54) is 12.3 Å². The number of aromatic nitrogens is 2. The molecule has 0 aliphatic heterocycles. The Balaban J connectivity index is 2.10. The van der Waals surface area contributed by atoms with Crippen LogP contribution in [-0.2, 0) is 0 Å². The first-order valence-corrected chi connectivity index (χ1v) is 8.17. The van der Waals surface area contributed by atoms with Crippen LogP contribution in [0, 0.1) is 5.82 Å². The molecule has 2 aromatic heterocycles. The molecule has 0 aliphatic rings. The fourth-order valence-corrected chi connectivity index (χ4v) is 3.54. The lowest BCUT2D eigenvalue weighted by molar-refractivity contribution is 0.635. The van der Waals surface area contributed by atoms with Crippen LogP contribution in [0.15, 0.2) is 48.7 Å². The molecule has 0 fully saturated rings. The van der Waals surface area contributed by atoms with Crippen LogP contribution >= 0.6 is 34.8 Å². The highest BCUT2D eigenvalue weighted by Crippen LogP contribution is 2.36. The lowest BCUT2D eigenvalue weighted by atomic mass is 10.0. The van der Waals surface area contributed by atoms with Crippen LogP contribution in [0.1, 0.15) is 0 Å². The molecular weight excluding hydrogens is 370 g/mol. The highest BCUT2D eigenvalue weighted by atomic mass is 35.5. The van der Waals surface area contributed by atoms with Gasteiger partial charge < -0.3 is 0 Å². The summed E-state index contributed by atoms with van der Waals surface area (Å²) < 4.78 is 15.1. The van der Waals surface area contributed by atoms with Crippen molar-refractivity contribution in [1.82, 2.24) is 9.97 Å². The van der Waals surface area contributed by atoms with Crippen LogP contribution in [0.2, 0.25) is 15.2 Å². The number of benzene rings is 2. The second kappa shape index (κ2) is 5.85. The number of fused-ring (bicyclic) bond motifs is 2. The Labute approximate surface area is 151 Å². The van der Waals surface area contributed by atoms with Crippen LogP contribution in [0.5, 0.6) is 0 Å². The van der Waals surface area contributed by atoms with E-state index >= 15 is 4.39 Å². The van der Waals surface area contributed by atoms with E-state index in [9.17, 15) is 0 Å². The molecule has 0 N–H and O–H groups in total. The quantitative estimate of drug-likeness (QED) is 0.351. The van der Waals surface area contributed by atoms with E-state index in [1.54, 1.807) is 12.1 Å². The maximum Gasteiger partial charge on any atom is 0.175 e. The minimum atomic E-state index is -0.579. The molecule has 2 nitrogen and oxygen atoms in total. The van der Waals surface area contributed by atoms with Crippen molar-refractivity contribution in [2.45, 2.75) is 0 Å². The van der Waals surface area contributed by atoms with Gasteiger partial charge in [0, 0.05) is 27.6 Å². The van der Waals surface area contributed by atoms with Gasteiger partial charge in [-0.1, -0.05) is 65.1 Å². The van der Waals surface area contributed by atoms with Crippen LogP contribution < -0.4 is 0 Å². The summed E-state index contributed by atoms with van der Waals surface area (Å²) in [7, 11) is 0. The third-order valence-electron chi connectivity index (χ3n) is 3.82. The van der Waals surface area contributed by atoms with Crippen molar-refractivity contribution in [1.29, 1.82) is 0 Å². The van der Waals surface area contributed by atoms with Crippen molar-refractivity contribution in [3.05, 3.63) is 69.7 Å². The van der Waals surface area contributed by atoms with Gasteiger partial charge in [0.25, 0.3) is 0 Å². The number of hydrogen-bond acceptors (Lipinski definition) is 2. The Kier molecular flexibility index (Phi) is 3.80. The van der Waals surface area contributed by atoms with Gasteiger partial charge in [0.2, 0.25) is 0 Å². The molecule has 0 saturated heterocycles. The summed E-state index contributed by atoms with van der Waals surface area (Å²) in [5, 5.41) is 3.01. The molecule has 24 heavy (non-hydrogen) atoms. The lowest BCUT2D eigenvalue weighted by Gasteiger charge is -2.10. The molecule has 2 heterocycles. The summed E-state index contributed by atoms with van der Waals surface area (Å²) in [6.45, 7) is 0. The van der Waals surface area contributed by atoms with E-state index in [-0.39, 0.29) is 16.4 Å². The predicted molar refractivity (Wildman–Crippen MR) is 97.5 cm³/mol. The van der Waals surface area contributed by atoms with E-state index < -0.39 is 5.82 Å². The number of halogens is 4. The van der Waals surface area contributed by atoms with Crippen molar-refractivity contribution in [3.8, 4) is 11.3 Å². The van der Waals surface area contributed by atoms with Crippen LogP contribution in [-0.4, -0.2) is 9.97 Å². The third-order valence-corrected chi connectivity index (χ3v) is 4.65. The van der Waals surface area contributed by atoms with Gasteiger partial charge in [0.05, 0.1) is 5.02 Å². The first-order valence-electron chi connectivity index (χ1n) is 7.04. The van der Waals surface area contributed by atoms with Crippen molar-refractivity contribution in [2.75, 3.05) is 0 Å². The molecule has 0 bridgehead atoms. The second-order valence-electron chi connectivity index (χ2n) is 5.25. The molecule has 0 spiro atoms. The van der Waals surface area contributed by atoms with E-state index in [2.05, 4.69) is 9.97 Å². The van der Waals surface area contributed by atoms with Gasteiger partial charge in [-0.05, 0) is 17.5 Å². The molecule has 2 aromatic carbocycles. The molecular formula is C18H8Cl3FN2. The van der Waals surface area contributed by atoms with Crippen LogP contribution in [0.25, 0.3) is 32.9 Å². The standard InChI is InChI=1S/C18H8Cl3FN2/c19-12-6-2-4-9-3-1-5-10(15(9)12)17-16(22)18-11(8-23-17)13(20)7-14(21)24-18/h1-8H. The normalized spacial score (nSPS) is 11.3. The van der Waals surface area contributed by atoms with Gasteiger partial charge >= 0.3 is 0 Å². The SMILES string of the molecule is Fc1c(-c2cccc3cccc(Cl)c23)ncc2c(Cl)cc(Cl)nc12. The van der Waals surface area contributed by atoms with Crippen molar-refractivity contribution < 1.29 is 4.39 Å². The molecule has 118 valence electrons. The maximum absolute atomic E-state index is 15.1. The summed E-state index contributed by atoms with van der Waals surface area (Å²) in [5.41, 5.74) is 0.837. The molecule has 4 rings (SSSR count). The van der Waals surface area contributed by atoms with Gasteiger partial charge in [-0.2, -0.15) is 0 Å². The van der Waals surface area contributed by atoms with Crippen molar-refractivity contribution in [2.24, 2.45) is 0 Å².